The number of ether oxygens (including phenoxy) is 1. The van der Waals surface area contributed by atoms with Crippen LogP contribution >= 0.6 is 43.5 Å². The van der Waals surface area contributed by atoms with Gasteiger partial charge in [0, 0.05) is 26.7 Å². The van der Waals surface area contributed by atoms with Crippen LogP contribution in [-0.2, 0) is 4.79 Å². The maximum absolute atomic E-state index is 13.6. The first-order valence-electron chi connectivity index (χ1n) is 12.1. The number of benzene rings is 4. The number of rotatable bonds is 6. The van der Waals surface area contributed by atoms with Crippen LogP contribution in [0.3, 0.4) is 0 Å². The summed E-state index contributed by atoms with van der Waals surface area (Å²) in [6.45, 7) is 1.97. The van der Waals surface area contributed by atoms with Gasteiger partial charge in [-0.05, 0) is 77.0 Å². The Morgan fingerprint density at radius 3 is 2.55 bits per heavy atom. The number of nitrogens with zero attached hydrogens (tertiary/aromatic N) is 3. The van der Waals surface area contributed by atoms with Crippen LogP contribution in [0.2, 0.25) is 5.02 Å². The number of aryl methyl sites for hydroxylation is 1. The smallest absolute Gasteiger partial charge is 0.336 e. The molecule has 1 heterocycles. The third kappa shape index (κ3) is 6.31. The maximum atomic E-state index is 13.6. The predicted octanol–water partition coefficient (Wildman–Crippen LogP) is 8.05. The highest BCUT2D eigenvalue weighted by atomic mass is 79.9. The van der Waals surface area contributed by atoms with Gasteiger partial charge in [0.15, 0.2) is 11.6 Å². The molecule has 40 heavy (non-hydrogen) atoms. The molecule has 4 aromatic carbocycles. The summed E-state index contributed by atoms with van der Waals surface area (Å²) in [6, 6.07) is 25.4. The Labute approximate surface area is 251 Å². The van der Waals surface area contributed by atoms with E-state index in [2.05, 4.69) is 37.0 Å². The fraction of sp³-hybridized carbons (Fsp3) is 0.0323. The quantitative estimate of drug-likeness (QED) is 0.0789. The van der Waals surface area contributed by atoms with E-state index in [1.165, 1.54) is 17.0 Å². The Hall–Kier alpha value is -3.85. The predicted molar refractivity (Wildman–Crippen MR) is 167 cm³/mol. The number of para-hydroxylation sites is 1. The summed E-state index contributed by atoms with van der Waals surface area (Å²) >= 11 is 12.9. The number of hydrogen-bond acceptors (Lipinski definition) is 5. The minimum Gasteiger partial charge on any atom is -0.421 e. The van der Waals surface area contributed by atoms with Crippen molar-refractivity contribution in [1.82, 2.24) is 9.66 Å². The van der Waals surface area contributed by atoms with Gasteiger partial charge in [0.25, 0.3) is 5.56 Å². The summed E-state index contributed by atoms with van der Waals surface area (Å²) in [6.07, 6.45) is 4.43. The second kappa shape index (κ2) is 12.1. The van der Waals surface area contributed by atoms with E-state index in [1.54, 1.807) is 60.7 Å². The monoisotopic (exact) mass is 675 g/mol. The van der Waals surface area contributed by atoms with Gasteiger partial charge in [0.1, 0.15) is 0 Å². The molecule has 0 amide bonds. The Kier molecular flexibility index (Phi) is 8.40. The molecule has 5 aromatic rings. The van der Waals surface area contributed by atoms with E-state index in [9.17, 15) is 9.59 Å². The van der Waals surface area contributed by atoms with E-state index in [0.29, 0.717) is 31.8 Å². The summed E-state index contributed by atoms with van der Waals surface area (Å²) < 4.78 is 8.19. The molecule has 9 heteroatoms. The zero-order valence-electron chi connectivity index (χ0n) is 21.0. The van der Waals surface area contributed by atoms with Crippen molar-refractivity contribution in [2.45, 2.75) is 6.92 Å². The second-order valence-electron chi connectivity index (χ2n) is 8.80. The van der Waals surface area contributed by atoms with Crippen LogP contribution in [0.5, 0.6) is 5.75 Å². The Morgan fingerprint density at radius 2 is 1.77 bits per heavy atom. The van der Waals surface area contributed by atoms with Crippen LogP contribution in [-0.4, -0.2) is 21.8 Å². The van der Waals surface area contributed by atoms with Crippen molar-refractivity contribution in [3.63, 3.8) is 0 Å². The van der Waals surface area contributed by atoms with Crippen LogP contribution in [0.15, 0.2) is 110 Å². The third-order valence-electron chi connectivity index (χ3n) is 5.86. The number of fused-ring (bicyclic) bond motifs is 1. The van der Waals surface area contributed by atoms with Crippen molar-refractivity contribution in [3.05, 3.63) is 132 Å². The van der Waals surface area contributed by atoms with Crippen molar-refractivity contribution >= 4 is 72.6 Å². The maximum Gasteiger partial charge on any atom is 0.336 e. The van der Waals surface area contributed by atoms with Crippen LogP contribution in [0.4, 0.5) is 0 Å². The molecule has 0 saturated carbocycles. The summed E-state index contributed by atoms with van der Waals surface area (Å²) in [5.74, 6) is 0.0522. The summed E-state index contributed by atoms with van der Waals surface area (Å²) in [5.41, 5.74) is 3.27. The van der Waals surface area contributed by atoms with Gasteiger partial charge in [-0.15, -0.1) is 0 Å². The fourth-order valence-electron chi connectivity index (χ4n) is 3.98. The van der Waals surface area contributed by atoms with Crippen molar-refractivity contribution in [2.75, 3.05) is 0 Å². The molecule has 0 spiro atoms. The van der Waals surface area contributed by atoms with Gasteiger partial charge >= 0.3 is 5.97 Å². The average molecular weight is 678 g/mol. The molecule has 1 aromatic heterocycles. The fourth-order valence-corrected chi connectivity index (χ4v) is 5.44. The second-order valence-corrected chi connectivity index (χ2v) is 11.0. The first-order valence-corrected chi connectivity index (χ1v) is 14.0. The highest BCUT2D eigenvalue weighted by Gasteiger charge is 2.15. The van der Waals surface area contributed by atoms with Crippen LogP contribution in [0, 0.1) is 6.92 Å². The first kappa shape index (κ1) is 27.7. The lowest BCUT2D eigenvalue weighted by molar-refractivity contribution is -0.128. The minimum absolute atomic E-state index is 0.247. The summed E-state index contributed by atoms with van der Waals surface area (Å²) in [5, 5.41) is 5.58. The van der Waals surface area contributed by atoms with E-state index >= 15 is 0 Å². The zero-order chi connectivity index (χ0) is 28.2. The molecule has 0 fully saturated rings. The van der Waals surface area contributed by atoms with Crippen molar-refractivity contribution in [1.29, 1.82) is 0 Å². The van der Waals surface area contributed by atoms with Crippen LogP contribution in [0.1, 0.15) is 16.7 Å². The molecule has 0 aliphatic carbocycles. The molecular formula is C31H20Br2ClN3O3. The zero-order valence-corrected chi connectivity index (χ0v) is 24.9. The van der Waals surface area contributed by atoms with Gasteiger partial charge in [-0.2, -0.15) is 9.78 Å². The first-order chi connectivity index (χ1) is 19.3. The molecule has 0 radical (unpaired) electrons. The lowest BCUT2D eigenvalue weighted by atomic mass is 10.1. The van der Waals surface area contributed by atoms with Crippen molar-refractivity contribution in [2.24, 2.45) is 5.10 Å². The number of carbonyl (C=O) groups excluding carboxylic acids is 1. The summed E-state index contributed by atoms with van der Waals surface area (Å²) in [7, 11) is 0. The molecule has 0 aliphatic heterocycles. The number of halogens is 3. The van der Waals surface area contributed by atoms with Gasteiger partial charge in [-0.25, -0.2) is 9.78 Å². The molecule has 6 nitrogen and oxygen atoms in total. The molecule has 0 unspecified atom stereocenters. The number of carbonyl (C=O) groups is 1. The van der Waals surface area contributed by atoms with Gasteiger partial charge in [-0.1, -0.05) is 75.6 Å². The molecule has 0 bridgehead atoms. The van der Waals surface area contributed by atoms with E-state index < -0.39 is 5.97 Å². The van der Waals surface area contributed by atoms with E-state index in [0.717, 1.165) is 21.2 Å². The number of hydrogen-bond donors (Lipinski definition) is 0. The molecule has 5 rings (SSSR count). The SMILES string of the molecule is Cc1cccc(-c2nc3ccccc3c(=O)n2N=Cc2cc(Br)cc(Br)c2OC(=O)/C=C/c2ccc(Cl)cc2)c1. The standard InChI is InChI=1S/C31H20Br2ClN3O3/c1-19-5-4-6-21(15-19)30-36-27-8-3-2-7-25(27)31(39)37(30)35-18-22-16-23(32)17-26(33)29(22)40-28(38)14-11-20-9-12-24(34)13-10-20/h2-18H,1H3/b14-11+,35-18?. The molecule has 198 valence electrons. The highest BCUT2D eigenvalue weighted by molar-refractivity contribution is 9.11. The highest BCUT2D eigenvalue weighted by Crippen LogP contribution is 2.32. The lowest BCUT2D eigenvalue weighted by Gasteiger charge is -2.11. The Morgan fingerprint density at radius 1 is 1.00 bits per heavy atom. The normalized spacial score (nSPS) is 11.5. The van der Waals surface area contributed by atoms with Gasteiger partial charge in [-0.3, -0.25) is 4.79 Å². The van der Waals surface area contributed by atoms with Gasteiger partial charge < -0.3 is 4.74 Å². The molecular weight excluding hydrogens is 658 g/mol. The largest absolute Gasteiger partial charge is 0.421 e. The van der Waals surface area contributed by atoms with Crippen molar-refractivity contribution < 1.29 is 9.53 Å². The van der Waals surface area contributed by atoms with Gasteiger partial charge in [0.05, 0.1) is 21.6 Å². The van der Waals surface area contributed by atoms with E-state index in [4.69, 9.17) is 21.3 Å². The molecule has 0 saturated heterocycles. The molecule has 0 aliphatic rings. The topological polar surface area (TPSA) is 73.6 Å². The minimum atomic E-state index is -0.586. The van der Waals surface area contributed by atoms with Gasteiger partial charge in [0.2, 0.25) is 0 Å². The summed E-state index contributed by atoms with van der Waals surface area (Å²) in [4.78, 5) is 31.0. The van der Waals surface area contributed by atoms with E-state index in [-0.39, 0.29) is 11.3 Å². The third-order valence-corrected chi connectivity index (χ3v) is 7.16. The van der Waals surface area contributed by atoms with E-state index in [1.807, 2.05) is 37.3 Å². The Bertz CT molecular complexity index is 1870. The molecule has 0 atom stereocenters. The number of aromatic nitrogens is 2. The van der Waals surface area contributed by atoms with Crippen LogP contribution < -0.4 is 10.3 Å². The Balaban J connectivity index is 1.55. The lowest BCUT2D eigenvalue weighted by Crippen LogP contribution is -2.20. The average Bonchev–Trinajstić information content (AvgIpc) is 2.94. The number of esters is 1. The molecule has 0 N–H and O–H groups in total. The van der Waals surface area contributed by atoms with Crippen molar-refractivity contribution in [3.8, 4) is 17.1 Å². The van der Waals surface area contributed by atoms with Crippen LogP contribution in [0.25, 0.3) is 28.4 Å².